The van der Waals surface area contributed by atoms with Gasteiger partial charge in [-0.15, -0.1) is 0 Å². The minimum atomic E-state index is -4.81. The van der Waals surface area contributed by atoms with Crippen LogP contribution in [0.25, 0.3) is 0 Å². The number of aromatic nitrogens is 3. The van der Waals surface area contributed by atoms with E-state index in [2.05, 4.69) is 19.9 Å². The first-order chi connectivity index (χ1) is 20.8. The van der Waals surface area contributed by atoms with Crippen molar-refractivity contribution >= 4 is 17.6 Å². The van der Waals surface area contributed by atoms with E-state index in [1.807, 2.05) is 19.9 Å². The molecule has 1 aliphatic heterocycles. The fourth-order valence-corrected chi connectivity index (χ4v) is 6.43. The van der Waals surface area contributed by atoms with E-state index in [0.29, 0.717) is 55.7 Å². The Labute approximate surface area is 254 Å². The van der Waals surface area contributed by atoms with Crippen LogP contribution in [0.3, 0.4) is 0 Å². The average Bonchev–Trinajstić information content (AvgIpc) is 3.36. The lowest BCUT2D eigenvalue weighted by atomic mass is 9.98. The van der Waals surface area contributed by atoms with Crippen molar-refractivity contribution in [3.05, 3.63) is 81.8 Å². The Kier molecular flexibility index (Phi) is 8.64. The Morgan fingerprint density at radius 3 is 2.34 bits per heavy atom. The van der Waals surface area contributed by atoms with Gasteiger partial charge in [0.15, 0.2) is 5.69 Å². The Bertz CT molecular complexity index is 1550. The zero-order valence-electron chi connectivity index (χ0n) is 25.5. The number of piperidine rings is 1. The van der Waals surface area contributed by atoms with Gasteiger partial charge >= 0.3 is 6.18 Å². The second-order valence-electron chi connectivity index (χ2n) is 11.8. The van der Waals surface area contributed by atoms with Crippen molar-refractivity contribution < 1.29 is 27.2 Å². The number of carbonyl (C=O) groups excluding carboxylic acids is 2. The lowest BCUT2D eigenvalue weighted by molar-refractivity contribution is -0.141. The number of pyridine rings is 1. The van der Waals surface area contributed by atoms with Crippen LogP contribution in [-0.2, 0) is 12.6 Å². The van der Waals surface area contributed by atoms with Crippen molar-refractivity contribution in [3.8, 4) is 0 Å². The first-order valence-corrected chi connectivity index (χ1v) is 14.8. The summed E-state index contributed by atoms with van der Waals surface area (Å²) in [6, 6.07) is 5.95. The summed E-state index contributed by atoms with van der Waals surface area (Å²) >= 11 is 0. The molecule has 2 aliphatic rings. The van der Waals surface area contributed by atoms with Crippen LogP contribution in [0.4, 0.5) is 23.4 Å². The quantitative estimate of drug-likeness (QED) is 0.321. The number of carbonyl (C=O) groups is 2. The van der Waals surface area contributed by atoms with Gasteiger partial charge in [-0.2, -0.15) is 13.2 Å². The molecular formula is C32H36F4N6O2. The third-order valence-electron chi connectivity index (χ3n) is 8.55. The molecule has 1 unspecified atom stereocenters. The number of aryl methyl sites for hydroxylation is 3. The van der Waals surface area contributed by atoms with Crippen LogP contribution in [0, 0.1) is 19.7 Å². The van der Waals surface area contributed by atoms with Crippen molar-refractivity contribution in [1.29, 1.82) is 0 Å². The predicted octanol–water partition coefficient (Wildman–Crippen LogP) is 5.93. The summed E-state index contributed by atoms with van der Waals surface area (Å²) in [5.74, 6) is -0.403. The molecule has 0 bridgehead atoms. The predicted molar refractivity (Wildman–Crippen MR) is 157 cm³/mol. The SMILES string of the molecule is Cc1cc(N2CCC(N(C)C(=O)c3cc4c(cc3F)CCC4N(C(=O)c3cccnc3C(F)(F)F)C(C)C)CC2)nc(C)n1. The molecule has 3 heterocycles. The van der Waals surface area contributed by atoms with Gasteiger partial charge < -0.3 is 14.7 Å². The Morgan fingerprint density at radius 1 is 1.00 bits per heavy atom. The largest absolute Gasteiger partial charge is 0.434 e. The van der Waals surface area contributed by atoms with Gasteiger partial charge in [0.05, 0.1) is 17.2 Å². The van der Waals surface area contributed by atoms with E-state index in [4.69, 9.17) is 0 Å². The highest BCUT2D eigenvalue weighted by Crippen LogP contribution is 2.40. The lowest BCUT2D eigenvalue weighted by Gasteiger charge is -2.37. The maximum Gasteiger partial charge on any atom is 0.434 e. The smallest absolute Gasteiger partial charge is 0.356 e. The number of benzene rings is 1. The molecule has 1 saturated heterocycles. The molecule has 0 N–H and O–H groups in total. The van der Waals surface area contributed by atoms with E-state index in [0.717, 1.165) is 23.8 Å². The molecular weight excluding hydrogens is 576 g/mol. The molecule has 1 fully saturated rings. The maximum atomic E-state index is 15.4. The van der Waals surface area contributed by atoms with E-state index in [9.17, 15) is 22.8 Å². The van der Waals surface area contributed by atoms with Crippen LogP contribution in [0.2, 0.25) is 0 Å². The normalized spacial score (nSPS) is 17.1. The van der Waals surface area contributed by atoms with Crippen LogP contribution < -0.4 is 4.90 Å². The summed E-state index contributed by atoms with van der Waals surface area (Å²) in [6.45, 7) is 8.56. The molecule has 0 saturated carbocycles. The second-order valence-corrected chi connectivity index (χ2v) is 11.8. The van der Waals surface area contributed by atoms with Crippen LogP contribution in [0.15, 0.2) is 36.5 Å². The molecule has 1 aliphatic carbocycles. The first kappa shape index (κ1) is 31.3. The Morgan fingerprint density at radius 2 is 1.70 bits per heavy atom. The van der Waals surface area contributed by atoms with Crippen molar-refractivity contribution in [1.82, 2.24) is 24.8 Å². The van der Waals surface area contributed by atoms with Crippen molar-refractivity contribution in [2.75, 3.05) is 25.0 Å². The molecule has 2 amide bonds. The van der Waals surface area contributed by atoms with Gasteiger partial charge in [-0.05, 0) is 88.8 Å². The number of anilines is 1. The highest BCUT2D eigenvalue weighted by molar-refractivity contribution is 5.97. The summed E-state index contributed by atoms with van der Waals surface area (Å²) in [4.78, 5) is 44.7. The van der Waals surface area contributed by atoms with Gasteiger partial charge in [0.1, 0.15) is 17.5 Å². The topological polar surface area (TPSA) is 82.5 Å². The number of fused-ring (bicyclic) bond motifs is 1. The summed E-state index contributed by atoms with van der Waals surface area (Å²) in [5, 5.41) is 0. The fraction of sp³-hybridized carbons (Fsp3) is 0.469. The number of hydrogen-bond donors (Lipinski definition) is 0. The first-order valence-electron chi connectivity index (χ1n) is 14.8. The average molecular weight is 613 g/mol. The molecule has 12 heteroatoms. The molecule has 1 atom stereocenters. The Balaban J connectivity index is 1.37. The van der Waals surface area contributed by atoms with Crippen molar-refractivity contribution in [2.24, 2.45) is 0 Å². The van der Waals surface area contributed by atoms with Crippen LogP contribution >= 0.6 is 0 Å². The Hall–Kier alpha value is -4.09. The van der Waals surface area contributed by atoms with E-state index in [1.165, 1.54) is 23.1 Å². The van der Waals surface area contributed by atoms with Crippen molar-refractivity contribution in [3.63, 3.8) is 0 Å². The fourth-order valence-electron chi connectivity index (χ4n) is 6.43. The molecule has 8 nitrogen and oxygen atoms in total. The van der Waals surface area contributed by atoms with Gasteiger partial charge in [0.2, 0.25) is 0 Å². The van der Waals surface area contributed by atoms with Crippen molar-refractivity contribution in [2.45, 2.75) is 77.7 Å². The summed E-state index contributed by atoms with van der Waals surface area (Å²) in [6.07, 6.45) is -1.64. The third-order valence-corrected chi connectivity index (χ3v) is 8.55. The lowest BCUT2D eigenvalue weighted by Crippen LogP contribution is -2.46. The molecule has 0 spiro atoms. The van der Waals surface area contributed by atoms with Gasteiger partial charge in [-0.25, -0.2) is 14.4 Å². The number of alkyl halides is 3. The van der Waals surface area contributed by atoms with Gasteiger partial charge in [0, 0.05) is 50.2 Å². The minimum Gasteiger partial charge on any atom is -0.356 e. The van der Waals surface area contributed by atoms with E-state index < -0.39 is 47.1 Å². The molecule has 0 radical (unpaired) electrons. The molecule has 5 rings (SSSR count). The minimum absolute atomic E-state index is 0.115. The van der Waals surface area contributed by atoms with Gasteiger partial charge in [-0.3, -0.25) is 14.6 Å². The van der Waals surface area contributed by atoms with Crippen LogP contribution in [-0.4, -0.2) is 68.8 Å². The molecule has 2 aromatic heterocycles. The van der Waals surface area contributed by atoms with Gasteiger partial charge in [-0.1, -0.05) is 0 Å². The standard InChI is InChI=1S/C32H36F4N6O2/c1-18(2)42(31(44)23-7-6-12-37-29(23)32(34,35)36)27-9-8-21-16-26(33)25(17-24(21)27)30(43)40(5)22-10-13-41(14-11-22)28-15-19(3)38-20(4)39-28/h6-7,12,15-18,22,27H,8-11,13-14H2,1-5H3. The molecule has 234 valence electrons. The highest BCUT2D eigenvalue weighted by atomic mass is 19.4. The summed E-state index contributed by atoms with van der Waals surface area (Å²) < 4.78 is 56.6. The van der Waals surface area contributed by atoms with E-state index >= 15 is 4.39 Å². The summed E-state index contributed by atoms with van der Waals surface area (Å²) in [5.41, 5.74) is 0.186. The third kappa shape index (κ3) is 6.11. The molecule has 1 aromatic carbocycles. The maximum absolute atomic E-state index is 15.4. The van der Waals surface area contributed by atoms with Gasteiger partial charge in [0.25, 0.3) is 11.8 Å². The summed E-state index contributed by atoms with van der Waals surface area (Å²) in [7, 11) is 1.66. The molecule has 44 heavy (non-hydrogen) atoms. The number of nitrogens with zero attached hydrogens (tertiary/aromatic N) is 6. The van der Waals surface area contributed by atoms with Crippen LogP contribution in [0.1, 0.15) is 88.2 Å². The van der Waals surface area contributed by atoms with Crippen LogP contribution in [0.5, 0.6) is 0 Å². The van der Waals surface area contributed by atoms with E-state index in [1.54, 1.807) is 25.8 Å². The number of hydrogen-bond acceptors (Lipinski definition) is 6. The number of rotatable bonds is 6. The van der Waals surface area contributed by atoms with E-state index in [-0.39, 0.29) is 11.6 Å². The zero-order valence-corrected chi connectivity index (χ0v) is 25.5. The second kappa shape index (κ2) is 12.1. The number of amides is 2. The molecule has 3 aromatic rings. The highest BCUT2D eigenvalue weighted by Gasteiger charge is 2.41. The number of halogens is 4. The zero-order chi connectivity index (χ0) is 31.9. The monoisotopic (exact) mass is 612 g/mol.